The molecule has 0 saturated heterocycles. The molecule has 0 amide bonds. The zero-order valence-electron chi connectivity index (χ0n) is 8.22. The second kappa shape index (κ2) is 3.37. The molecule has 1 rings (SSSR count). The van der Waals surface area contributed by atoms with Gasteiger partial charge >= 0.3 is 11.9 Å². The quantitative estimate of drug-likeness (QED) is 0.759. The zero-order chi connectivity index (χ0) is 11.9. The van der Waals surface area contributed by atoms with Crippen LogP contribution in [-0.4, -0.2) is 20.9 Å². The molecule has 0 aliphatic heterocycles. The average Bonchev–Trinajstić information content (AvgIpc) is 2.28. The first-order valence-corrected chi connectivity index (χ1v) is 4.12. The summed E-state index contributed by atoms with van der Waals surface area (Å²) in [6.45, 7) is 1.54. The fourth-order valence-electron chi connectivity index (χ4n) is 1.14. The van der Waals surface area contributed by atoms with Gasteiger partial charge in [0.1, 0.15) is 6.54 Å². The van der Waals surface area contributed by atoms with Gasteiger partial charge in [-0.15, -0.1) is 0 Å². The van der Waals surface area contributed by atoms with Crippen LogP contribution in [0.15, 0.2) is 4.79 Å². The third kappa shape index (κ3) is 2.82. The first-order chi connectivity index (χ1) is 6.61. The number of nitrogens with zero attached hydrogens (tertiary/aromatic N) is 2. The Labute approximate surface area is 83.1 Å². The Kier molecular flexibility index (Phi) is 2.64. The minimum atomic E-state index is -4.48. The summed E-state index contributed by atoms with van der Waals surface area (Å²) < 4.78 is 36.9. The standard InChI is InChI=1S/C7H11F3N4O/c1-6(2,11)4-12-13-5(15)14(4)3-7(8,9)10/h3,11H2,1-2H3,(H,13,15). The molecule has 0 aliphatic carbocycles. The molecule has 1 aromatic heterocycles. The molecule has 0 aromatic carbocycles. The minimum absolute atomic E-state index is 0.121. The molecule has 1 heterocycles. The van der Waals surface area contributed by atoms with Crippen LogP contribution in [0, 0.1) is 0 Å². The fraction of sp³-hybridized carbons (Fsp3) is 0.714. The number of halogens is 3. The molecule has 0 atom stereocenters. The van der Waals surface area contributed by atoms with Crippen molar-refractivity contribution in [2.24, 2.45) is 5.73 Å². The maximum Gasteiger partial charge on any atom is 0.406 e. The number of nitrogens with one attached hydrogen (secondary N) is 1. The molecule has 8 heteroatoms. The summed E-state index contributed by atoms with van der Waals surface area (Å²) in [5.41, 5.74) is 3.56. The number of aromatic amines is 1. The van der Waals surface area contributed by atoms with Crippen molar-refractivity contribution < 1.29 is 13.2 Å². The number of aromatic nitrogens is 3. The summed E-state index contributed by atoms with van der Waals surface area (Å²) in [5, 5.41) is 5.42. The molecule has 5 nitrogen and oxygen atoms in total. The second-order valence-electron chi connectivity index (χ2n) is 3.78. The Morgan fingerprint density at radius 2 is 2.00 bits per heavy atom. The van der Waals surface area contributed by atoms with Crippen LogP contribution in [0.4, 0.5) is 13.2 Å². The van der Waals surface area contributed by atoms with Gasteiger partial charge in [0.2, 0.25) is 0 Å². The number of nitrogens with two attached hydrogens (primary N) is 1. The monoisotopic (exact) mass is 224 g/mol. The molecular weight excluding hydrogens is 213 g/mol. The maximum atomic E-state index is 12.1. The van der Waals surface area contributed by atoms with Crippen molar-refractivity contribution in [3.05, 3.63) is 16.3 Å². The Hall–Kier alpha value is -1.31. The largest absolute Gasteiger partial charge is 0.406 e. The van der Waals surface area contributed by atoms with E-state index >= 15 is 0 Å². The Morgan fingerprint density at radius 1 is 1.47 bits per heavy atom. The molecule has 0 aliphatic rings. The lowest BCUT2D eigenvalue weighted by Crippen LogP contribution is -2.37. The smallest absolute Gasteiger partial charge is 0.319 e. The molecule has 0 radical (unpaired) electrons. The summed E-state index contributed by atoms with van der Waals surface area (Å²) in [7, 11) is 0. The van der Waals surface area contributed by atoms with Gasteiger partial charge in [-0.3, -0.25) is 4.57 Å². The Morgan fingerprint density at radius 3 is 2.40 bits per heavy atom. The Bertz CT molecular complexity index is 398. The van der Waals surface area contributed by atoms with E-state index in [9.17, 15) is 18.0 Å². The van der Waals surface area contributed by atoms with E-state index in [0.29, 0.717) is 4.57 Å². The van der Waals surface area contributed by atoms with Crippen LogP contribution in [0.5, 0.6) is 0 Å². The highest BCUT2D eigenvalue weighted by Crippen LogP contribution is 2.19. The van der Waals surface area contributed by atoms with Crippen LogP contribution >= 0.6 is 0 Å². The van der Waals surface area contributed by atoms with Gasteiger partial charge in [-0.05, 0) is 13.8 Å². The minimum Gasteiger partial charge on any atom is -0.319 e. The van der Waals surface area contributed by atoms with Gasteiger partial charge in [0, 0.05) is 0 Å². The van der Waals surface area contributed by atoms with E-state index in [1.165, 1.54) is 13.8 Å². The van der Waals surface area contributed by atoms with Crippen LogP contribution in [0.1, 0.15) is 19.7 Å². The average molecular weight is 224 g/mol. The molecule has 0 unspecified atom stereocenters. The first-order valence-electron chi connectivity index (χ1n) is 4.12. The van der Waals surface area contributed by atoms with Gasteiger partial charge < -0.3 is 5.73 Å². The predicted octanol–water partition coefficient (Wildman–Crippen LogP) is 0.328. The van der Waals surface area contributed by atoms with Gasteiger partial charge in [-0.2, -0.15) is 18.3 Å². The summed E-state index contributed by atoms with van der Waals surface area (Å²) in [5.74, 6) is -0.121. The molecule has 1 aromatic rings. The Balaban J connectivity index is 3.17. The highest BCUT2D eigenvalue weighted by molar-refractivity contribution is 5.00. The molecule has 0 saturated carbocycles. The van der Waals surface area contributed by atoms with E-state index in [4.69, 9.17) is 5.73 Å². The van der Waals surface area contributed by atoms with Gasteiger partial charge in [0.05, 0.1) is 5.54 Å². The van der Waals surface area contributed by atoms with Gasteiger partial charge in [0.25, 0.3) is 0 Å². The van der Waals surface area contributed by atoms with E-state index in [-0.39, 0.29) is 5.82 Å². The van der Waals surface area contributed by atoms with Gasteiger partial charge in [-0.1, -0.05) is 0 Å². The van der Waals surface area contributed by atoms with Gasteiger partial charge in [-0.25, -0.2) is 9.89 Å². The fourth-order valence-corrected chi connectivity index (χ4v) is 1.14. The highest BCUT2D eigenvalue weighted by atomic mass is 19.4. The zero-order valence-corrected chi connectivity index (χ0v) is 8.22. The molecule has 0 fully saturated rings. The van der Waals surface area contributed by atoms with E-state index in [0.717, 1.165) is 0 Å². The van der Waals surface area contributed by atoms with Crippen molar-refractivity contribution >= 4 is 0 Å². The molecule has 0 bridgehead atoms. The number of hydrogen-bond donors (Lipinski definition) is 2. The topological polar surface area (TPSA) is 76.7 Å². The highest BCUT2D eigenvalue weighted by Gasteiger charge is 2.33. The van der Waals surface area contributed by atoms with Crippen LogP contribution in [0.3, 0.4) is 0 Å². The molecule has 0 spiro atoms. The third-order valence-corrected chi connectivity index (χ3v) is 1.67. The molecule has 86 valence electrons. The molecule has 3 N–H and O–H groups in total. The lowest BCUT2D eigenvalue weighted by atomic mass is 10.1. The number of H-pyrrole nitrogens is 1. The predicted molar refractivity (Wildman–Crippen MR) is 46.1 cm³/mol. The normalized spacial score (nSPS) is 13.2. The van der Waals surface area contributed by atoms with Crippen molar-refractivity contribution in [1.82, 2.24) is 14.8 Å². The SMILES string of the molecule is CC(C)(N)c1n[nH]c(=O)n1CC(F)(F)F. The van der Waals surface area contributed by atoms with Gasteiger partial charge in [0.15, 0.2) is 5.82 Å². The number of alkyl halides is 3. The second-order valence-corrected chi connectivity index (χ2v) is 3.78. The summed E-state index contributed by atoms with van der Waals surface area (Å²) in [6.07, 6.45) is -4.48. The summed E-state index contributed by atoms with van der Waals surface area (Å²) >= 11 is 0. The van der Waals surface area contributed by atoms with Crippen molar-refractivity contribution in [1.29, 1.82) is 0 Å². The molecule has 15 heavy (non-hydrogen) atoms. The summed E-state index contributed by atoms with van der Waals surface area (Å²) in [6, 6.07) is 0. The molecular formula is C7H11F3N4O. The third-order valence-electron chi connectivity index (χ3n) is 1.67. The van der Waals surface area contributed by atoms with E-state index in [2.05, 4.69) is 5.10 Å². The first kappa shape index (κ1) is 11.8. The van der Waals surface area contributed by atoms with E-state index in [1.54, 1.807) is 0 Å². The lowest BCUT2D eigenvalue weighted by molar-refractivity contribution is -0.141. The summed E-state index contributed by atoms with van der Waals surface area (Å²) in [4.78, 5) is 11.1. The van der Waals surface area contributed by atoms with Crippen molar-refractivity contribution in [2.45, 2.75) is 32.1 Å². The lowest BCUT2D eigenvalue weighted by Gasteiger charge is -2.18. The van der Waals surface area contributed by atoms with Crippen LogP contribution in [0.25, 0.3) is 0 Å². The van der Waals surface area contributed by atoms with E-state index in [1.807, 2.05) is 5.10 Å². The van der Waals surface area contributed by atoms with E-state index < -0.39 is 23.9 Å². The van der Waals surface area contributed by atoms with Crippen molar-refractivity contribution in [3.63, 3.8) is 0 Å². The van der Waals surface area contributed by atoms with Crippen molar-refractivity contribution in [3.8, 4) is 0 Å². The van der Waals surface area contributed by atoms with Crippen LogP contribution in [-0.2, 0) is 12.1 Å². The number of rotatable bonds is 2. The van der Waals surface area contributed by atoms with Crippen molar-refractivity contribution in [2.75, 3.05) is 0 Å². The number of hydrogen-bond acceptors (Lipinski definition) is 3. The van der Waals surface area contributed by atoms with Crippen LogP contribution in [0.2, 0.25) is 0 Å². The van der Waals surface area contributed by atoms with Crippen LogP contribution < -0.4 is 11.4 Å². The maximum absolute atomic E-state index is 12.1.